The van der Waals surface area contributed by atoms with Gasteiger partial charge in [0.25, 0.3) is 0 Å². The number of amides is 1. The van der Waals surface area contributed by atoms with E-state index in [4.69, 9.17) is 0 Å². The van der Waals surface area contributed by atoms with Gasteiger partial charge in [-0.15, -0.1) is 0 Å². The lowest BCUT2D eigenvalue weighted by Gasteiger charge is -2.20. The Morgan fingerprint density at radius 1 is 1.50 bits per heavy atom. The molecule has 0 bridgehead atoms. The lowest BCUT2D eigenvalue weighted by atomic mass is 10.0. The highest BCUT2D eigenvalue weighted by Crippen LogP contribution is 2.24. The molecule has 1 aliphatic rings. The van der Waals surface area contributed by atoms with Crippen LogP contribution in [-0.2, 0) is 11.3 Å². The molecule has 1 N–H and O–H groups in total. The molecule has 2 rings (SSSR count). The molecule has 1 heterocycles. The fourth-order valence-corrected chi connectivity index (χ4v) is 3.48. The zero-order valence-electron chi connectivity index (χ0n) is 10.9. The van der Waals surface area contributed by atoms with Crippen molar-refractivity contribution < 1.29 is 4.79 Å². The molecule has 1 aliphatic heterocycles. The van der Waals surface area contributed by atoms with Crippen LogP contribution < -0.4 is 5.32 Å². The molecule has 1 amide bonds. The maximum atomic E-state index is 11.8. The van der Waals surface area contributed by atoms with Crippen LogP contribution in [0.15, 0.2) is 24.3 Å². The first-order valence-corrected chi connectivity index (χ1v) is 7.79. The van der Waals surface area contributed by atoms with Crippen molar-refractivity contribution in [2.24, 2.45) is 5.92 Å². The minimum absolute atomic E-state index is 0.198. The number of nitrogens with one attached hydrogen (secondary N) is 1. The quantitative estimate of drug-likeness (QED) is 0.904. The maximum absolute atomic E-state index is 11.8. The summed E-state index contributed by atoms with van der Waals surface area (Å²) in [6.07, 6.45) is 3.17. The highest BCUT2D eigenvalue weighted by atomic mass is 32.2. The SMILES string of the molecule is Cc1cccc(CNC(=O)CC2CCCSC2)c1. The highest BCUT2D eigenvalue weighted by molar-refractivity contribution is 7.99. The number of carbonyl (C=O) groups is 1. The number of hydrogen-bond acceptors (Lipinski definition) is 2. The third kappa shape index (κ3) is 4.37. The van der Waals surface area contributed by atoms with Crippen LogP contribution in [0.1, 0.15) is 30.4 Å². The Morgan fingerprint density at radius 2 is 2.39 bits per heavy atom. The standard InChI is InChI=1S/C15H21NOS/c1-12-4-2-5-13(8-12)10-16-15(17)9-14-6-3-7-18-11-14/h2,4-5,8,14H,3,6-7,9-11H2,1H3,(H,16,17). The molecule has 1 saturated heterocycles. The number of rotatable bonds is 4. The van der Waals surface area contributed by atoms with Crippen molar-refractivity contribution in [2.75, 3.05) is 11.5 Å². The molecular formula is C15H21NOS. The summed E-state index contributed by atoms with van der Waals surface area (Å²) in [7, 11) is 0. The van der Waals surface area contributed by atoms with E-state index in [9.17, 15) is 4.79 Å². The molecule has 0 aromatic heterocycles. The molecule has 0 saturated carbocycles. The van der Waals surface area contributed by atoms with Crippen LogP contribution in [0, 0.1) is 12.8 Å². The van der Waals surface area contributed by atoms with Crippen LogP contribution in [0.5, 0.6) is 0 Å². The lowest BCUT2D eigenvalue weighted by Crippen LogP contribution is -2.26. The zero-order chi connectivity index (χ0) is 12.8. The van der Waals surface area contributed by atoms with Crippen molar-refractivity contribution in [3.05, 3.63) is 35.4 Å². The predicted octanol–water partition coefficient (Wildman–Crippen LogP) is 3.14. The monoisotopic (exact) mass is 263 g/mol. The molecule has 0 spiro atoms. The Bertz CT molecular complexity index is 399. The molecule has 98 valence electrons. The topological polar surface area (TPSA) is 29.1 Å². The summed E-state index contributed by atoms with van der Waals surface area (Å²) in [5.74, 6) is 3.20. The van der Waals surface area contributed by atoms with Crippen molar-refractivity contribution in [2.45, 2.75) is 32.7 Å². The third-order valence-corrected chi connectivity index (χ3v) is 4.59. The van der Waals surface area contributed by atoms with Gasteiger partial charge in [0, 0.05) is 13.0 Å². The Balaban J connectivity index is 1.74. The second-order valence-corrected chi connectivity index (χ2v) is 6.20. The minimum atomic E-state index is 0.198. The van der Waals surface area contributed by atoms with Gasteiger partial charge >= 0.3 is 0 Å². The molecule has 1 unspecified atom stereocenters. The van der Waals surface area contributed by atoms with Crippen LogP contribution in [0.2, 0.25) is 0 Å². The Labute approximate surface area is 114 Å². The van der Waals surface area contributed by atoms with E-state index >= 15 is 0 Å². The van der Waals surface area contributed by atoms with E-state index in [2.05, 4.69) is 30.4 Å². The summed E-state index contributed by atoms with van der Waals surface area (Å²) in [4.78, 5) is 11.8. The summed E-state index contributed by atoms with van der Waals surface area (Å²) in [6.45, 7) is 2.73. The van der Waals surface area contributed by atoms with Crippen LogP contribution in [0.3, 0.4) is 0 Å². The second kappa shape index (κ2) is 6.83. The first-order valence-electron chi connectivity index (χ1n) is 6.64. The number of hydrogen-bond donors (Lipinski definition) is 1. The smallest absolute Gasteiger partial charge is 0.220 e. The Hall–Kier alpha value is -0.960. The van der Waals surface area contributed by atoms with E-state index in [1.54, 1.807) is 0 Å². The number of aryl methyl sites for hydroxylation is 1. The van der Waals surface area contributed by atoms with Crippen LogP contribution >= 0.6 is 11.8 Å². The Morgan fingerprint density at radius 3 is 3.11 bits per heavy atom. The number of carbonyl (C=O) groups excluding carboxylic acids is 1. The van der Waals surface area contributed by atoms with E-state index in [-0.39, 0.29) is 5.91 Å². The normalized spacial score (nSPS) is 19.5. The van der Waals surface area contributed by atoms with Gasteiger partial charge in [0.2, 0.25) is 5.91 Å². The van der Waals surface area contributed by atoms with Crippen molar-refractivity contribution >= 4 is 17.7 Å². The van der Waals surface area contributed by atoms with E-state index in [0.29, 0.717) is 18.9 Å². The van der Waals surface area contributed by atoms with Gasteiger partial charge in [-0.1, -0.05) is 29.8 Å². The minimum Gasteiger partial charge on any atom is -0.352 e. The van der Waals surface area contributed by atoms with E-state index in [1.165, 1.54) is 29.7 Å². The lowest BCUT2D eigenvalue weighted by molar-refractivity contribution is -0.122. The fraction of sp³-hybridized carbons (Fsp3) is 0.533. The predicted molar refractivity (Wildman–Crippen MR) is 77.7 cm³/mol. The Kier molecular flexibility index (Phi) is 5.12. The van der Waals surface area contributed by atoms with Gasteiger partial charge in [0.05, 0.1) is 0 Å². The van der Waals surface area contributed by atoms with Crippen molar-refractivity contribution in [1.82, 2.24) is 5.32 Å². The summed E-state index contributed by atoms with van der Waals surface area (Å²) in [6, 6.07) is 8.29. The molecule has 0 aliphatic carbocycles. The number of thioether (sulfide) groups is 1. The number of benzene rings is 1. The van der Waals surface area contributed by atoms with Gasteiger partial charge in [-0.3, -0.25) is 4.79 Å². The van der Waals surface area contributed by atoms with Gasteiger partial charge < -0.3 is 5.32 Å². The first kappa shape index (κ1) is 13.5. The van der Waals surface area contributed by atoms with Gasteiger partial charge in [-0.2, -0.15) is 11.8 Å². The van der Waals surface area contributed by atoms with Crippen molar-refractivity contribution in [3.8, 4) is 0 Å². The van der Waals surface area contributed by atoms with E-state index in [1.807, 2.05) is 17.8 Å². The average molecular weight is 263 g/mol. The van der Waals surface area contributed by atoms with Crippen LogP contribution in [0.4, 0.5) is 0 Å². The molecule has 3 heteroatoms. The zero-order valence-corrected chi connectivity index (χ0v) is 11.8. The highest BCUT2D eigenvalue weighted by Gasteiger charge is 2.16. The molecule has 1 aromatic rings. The first-order chi connectivity index (χ1) is 8.74. The summed E-state index contributed by atoms with van der Waals surface area (Å²) < 4.78 is 0. The van der Waals surface area contributed by atoms with Crippen molar-refractivity contribution in [3.63, 3.8) is 0 Å². The van der Waals surface area contributed by atoms with E-state index in [0.717, 1.165) is 5.75 Å². The molecule has 18 heavy (non-hydrogen) atoms. The molecule has 1 atom stereocenters. The second-order valence-electron chi connectivity index (χ2n) is 5.05. The molecule has 2 nitrogen and oxygen atoms in total. The van der Waals surface area contributed by atoms with Gasteiger partial charge in [0.15, 0.2) is 0 Å². The molecular weight excluding hydrogens is 242 g/mol. The average Bonchev–Trinajstić information content (AvgIpc) is 2.38. The largest absolute Gasteiger partial charge is 0.352 e. The summed E-state index contributed by atoms with van der Waals surface area (Å²) in [5.41, 5.74) is 2.42. The van der Waals surface area contributed by atoms with E-state index < -0.39 is 0 Å². The maximum Gasteiger partial charge on any atom is 0.220 e. The summed E-state index contributed by atoms with van der Waals surface area (Å²) >= 11 is 1.98. The van der Waals surface area contributed by atoms with Gasteiger partial charge in [-0.25, -0.2) is 0 Å². The van der Waals surface area contributed by atoms with Crippen molar-refractivity contribution in [1.29, 1.82) is 0 Å². The third-order valence-electron chi connectivity index (χ3n) is 3.30. The van der Waals surface area contributed by atoms with Crippen LogP contribution in [0.25, 0.3) is 0 Å². The van der Waals surface area contributed by atoms with Crippen LogP contribution in [-0.4, -0.2) is 17.4 Å². The molecule has 1 fully saturated rings. The van der Waals surface area contributed by atoms with Gasteiger partial charge in [-0.05, 0) is 42.8 Å². The summed E-state index contributed by atoms with van der Waals surface area (Å²) in [5, 5.41) is 3.03. The fourth-order valence-electron chi connectivity index (χ4n) is 2.33. The molecule has 0 radical (unpaired) electrons. The molecule has 1 aromatic carbocycles. The van der Waals surface area contributed by atoms with Gasteiger partial charge in [0.1, 0.15) is 0 Å².